The van der Waals surface area contributed by atoms with Crippen LogP contribution < -0.4 is 0 Å². The minimum absolute atomic E-state index is 1.29. The first-order valence-corrected chi connectivity index (χ1v) is 7.07. The van der Waals surface area contributed by atoms with E-state index in [4.69, 9.17) is 0 Å². The van der Waals surface area contributed by atoms with Crippen LogP contribution in [-0.4, -0.2) is 24.5 Å². The predicted octanol–water partition coefficient (Wildman–Crippen LogP) is 4.96. The van der Waals surface area contributed by atoms with Crippen molar-refractivity contribution in [2.45, 2.75) is 74.1 Å². The lowest BCUT2D eigenvalue weighted by molar-refractivity contribution is 0.270. The zero-order valence-electron chi connectivity index (χ0n) is 12.4. The van der Waals surface area contributed by atoms with E-state index in [-0.39, 0.29) is 0 Å². The van der Waals surface area contributed by atoms with Crippen LogP contribution in [0.2, 0.25) is 0 Å². The molecule has 1 heteroatoms. The topological polar surface area (TPSA) is 3.24 Å². The van der Waals surface area contributed by atoms with Crippen molar-refractivity contribution in [3.8, 4) is 0 Å². The van der Waals surface area contributed by atoms with E-state index in [1.54, 1.807) is 0 Å². The molecule has 0 aromatic heterocycles. The lowest BCUT2D eigenvalue weighted by atomic mass is 10.3. The minimum atomic E-state index is 1.29. The van der Waals surface area contributed by atoms with Crippen LogP contribution in [0.1, 0.15) is 74.1 Å². The third-order valence-electron chi connectivity index (χ3n) is 1.91. The Labute approximate surface area is 99.3 Å². The number of hydrogen-bond acceptors (Lipinski definition) is 1. The molecule has 0 aliphatic heterocycles. The third kappa shape index (κ3) is 20.1. The van der Waals surface area contributed by atoms with E-state index < -0.39 is 0 Å². The molecule has 0 bridgehead atoms. The maximum atomic E-state index is 2.57. The van der Waals surface area contributed by atoms with E-state index in [0.29, 0.717) is 0 Å². The highest BCUT2D eigenvalue weighted by molar-refractivity contribution is 4.54. The van der Waals surface area contributed by atoms with Gasteiger partial charge >= 0.3 is 0 Å². The summed E-state index contributed by atoms with van der Waals surface area (Å²) >= 11 is 0. The Bertz CT molecular complexity index is 65.7. The fraction of sp³-hybridized carbons (Fsp3) is 1.00. The van der Waals surface area contributed by atoms with Crippen molar-refractivity contribution in [3.63, 3.8) is 0 Å². The smallest absolute Gasteiger partial charge is 0.00188 e. The van der Waals surface area contributed by atoms with E-state index in [9.17, 15) is 0 Å². The molecular weight excluding hydrogens is 182 g/mol. The van der Waals surface area contributed by atoms with Crippen LogP contribution in [0.25, 0.3) is 0 Å². The summed E-state index contributed by atoms with van der Waals surface area (Å²) in [6.07, 6.45) is 5.28. The zero-order chi connectivity index (χ0) is 12.5. The summed E-state index contributed by atoms with van der Waals surface area (Å²) in [5.74, 6) is 0. The maximum Gasteiger partial charge on any atom is -0.00188 e. The van der Waals surface area contributed by atoms with Crippen molar-refractivity contribution in [3.05, 3.63) is 0 Å². The number of hydrogen-bond donors (Lipinski definition) is 0. The molecule has 0 atom stereocenters. The molecule has 0 unspecified atom stereocenters. The average Bonchev–Trinajstić information content (AvgIpc) is 2.32. The summed E-state index contributed by atoms with van der Waals surface area (Å²) in [6.45, 7) is 18.7. The van der Waals surface area contributed by atoms with Crippen molar-refractivity contribution in [1.82, 2.24) is 4.90 Å². The largest absolute Gasteiger partial charge is 0.303 e. The van der Waals surface area contributed by atoms with Crippen LogP contribution in [0.3, 0.4) is 0 Å². The number of unbranched alkanes of at least 4 members (excludes halogenated alkanes) is 1. The van der Waals surface area contributed by atoms with E-state index in [1.165, 1.54) is 45.3 Å². The molecule has 0 N–H and O–H groups in total. The van der Waals surface area contributed by atoms with Gasteiger partial charge in [-0.3, -0.25) is 0 Å². The van der Waals surface area contributed by atoms with E-state index >= 15 is 0 Å². The SMILES string of the molecule is CC.CC.CCCCN(CCC)CCC. The van der Waals surface area contributed by atoms with Gasteiger partial charge in [0.15, 0.2) is 0 Å². The van der Waals surface area contributed by atoms with Crippen LogP contribution in [0.15, 0.2) is 0 Å². The first-order chi connectivity index (χ1) is 7.35. The first kappa shape index (κ1) is 20.4. The molecule has 1 nitrogen and oxygen atoms in total. The van der Waals surface area contributed by atoms with Crippen molar-refractivity contribution in [1.29, 1.82) is 0 Å². The van der Waals surface area contributed by atoms with Crippen molar-refractivity contribution in [2.75, 3.05) is 19.6 Å². The van der Waals surface area contributed by atoms with Crippen LogP contribution >= 0.6 is 0 Å². The van der Waals surface area contributed by atoms with Gasteiger partial charge in [0.1, 0.15) is 0 Å². The molecule has 0 aliphatic carbocycles. The van der Waals surface area contributed by atoms with Crippen molar-refractivity contribution < 1.29 is 0 Å². The molecule has 0 saturated heterocycles. The van der Waals surface area contributed by atoms with Crippen molar-refractivity contribution >= 4 is 0 Å². The average molecular weight is 217 g/mol. The second kappa shape index (κ2) is 23.6. The molecular formula is C14H35N. The predicted molar refractivity (Wildman–Crippen MR) is 74.6 cm³/mol. The molecule has 0 aromatic rings. The monoisotopic (exact) mass is 217 g/mol. The molecule has 0 radical (unpaired) electrons. The Morgan fingerprint density at radius 2 is 1.00 bits per heavy atom. The maximum absolute atomic E-state index is 2.57. The fourth-order valence-corrected chi connectivity index (χ4v) is 1.35. The van der Waals surface area contributed by atoms with Gasteiger partial charge in [-0.15, -0.1) is 0 Å². The van der Waals surface area contributed by atoms with Crippen LogP contribution in [0.5, 0.6) is 0 Å². The van der Waals surface area contributed by atoms with Gasteiger partial charge in [-0.1, -0.05) is 54.9 Å². The molecule has 0 spiro atoms. The van der Waals surface area contributed by atoms with Crippen LogP contribution in [0, 0.1) is 0 Å². The Kier molecular flexibility index (Phi) is 32.1. The summed E-state index contributed by atoms with van der Waals surface area (Å²) in [4.78, 5) is 2.57. The molecule has 0 rings (SSSR count). The van der Waals surface area contributed by atoms with Gasteiger partial charge < -0.3 is 4.90 Å². The van der Waals surface area contributed by atoms with E-state index in [2.05, 4.69) is 25.7 Å². The highest BCUT2D eigenvalue weighted by Gasteiger charge is 1.99. The summed E-state index contributed by atoms with van der Waals surface area (Å²) < 4.78 is 0. The Morgan fingerprint density at radius 3 is 1.27 bits per heavy atom. The normalized spacial score (nSPS) is 8.80. The molecule has 0 saturated carbocycles. The Morgan fingerprint density at radius 1 is 0.600 bits per heavy atom. The van der Waals surface area contributed by atoms with Gasteiger partial charge in [0.25, 0.3) is 0 Å². The highest BCUT2D eigenvalue weighted by Crippen LogP contribution is 1.97. The van der Waals surface area contributed by atoms with E-state index in [1.807, 2.05) is 27.7 Å². The lowest BCUT2D eigenvalue weighted by Gasteiger charge is -2.20. The summed E-state index contributed by atoms with van der Waals surface area (Å²) in [6, 6.07) is 0. The number of rotatable bonds is 7. The van der Waals surface area contributed by atoms with Gasteiger partial charge in [0, 0.05) is 0 Å². The van der Waals surface area contributed by atoms with Crippen LogP contribution in [-0.2, 0) is 0 Å². The molecule has 15 heavy (non-hydrogen) atoms. The molecule has 0 amide bonds. The second-order valence-corrected chi connectivity index (χ2v) is 3.20. The lowest BCUT2D eigenvalue weighted by Crippen LogP contribution is -2.26. The zero-order valence-corrected chi connectivity index (χ0v) is 12.4. The van der Waals surface area contributed by atoms with Gasteiger partial charge in [0.2, 0.25) is 0 Å². The third-order valence-corrected chi connectivity index (χ3v) is 1.91. The highest BCUT2D eigenvalue weighted by atomic mass is 15.1. The number of nitrogens with zero attached hydrogens (tertiary/aromatic N) is 1. The molecule has 0 aliphatic rings. The van der Waals surface area contributed by atoms with Crippen molar-refractivity contribution in [2.24, 2.45) is 0 Å². The Hall–Kier alpha value is -0.0400. The van der Waals surface area contributed by atoms with Crippen LogP contribution in [0.4, 0.5) is 0 Å². The molecule has 96 valence electrons. The van der Waals surface area contributed by atoms with Gasteiger partial charge in [-0.2, -0.15) is 0 Å². The standard InChI is InChI=1S/C10H23N.2C2H6/c1-4-7-10-11(8-5-2)9-6-3;2*1-2/h4-10H2,1-3H3;2*1-2H3. The minimum Gasteiger partial charge on any atom is -0.303 e. The summed E-state index contributed by atoms with van der Waals surface area (Å²) in [5, 5.41) is 0. The quantitative estimate of drug-likeness (QED) is 0.582. The Balaban J connectivity index is -0.000000318. The summed E-state index contributed by atoms with van der Waals surface area (Å²) in [5.41, 5.74) is 0. The van der Waals surface area contributed by atoms with E-state index in [0.717, 1.165) is 0 Å². The van der Waals surface area contributed by atoms with Gasteiger partial charge in [-0.05, 0) is 38.9 Å². The first-order valence-electron chi connectivity index (χ1n) is 7.07. The van der Waals surface area contributed by atoms with Gasteiger partial charge in [-0.25, -0.2) is 0 Å². The fourth-order valence-electron chi connectivity index (χ4n) is 1.35. The molecule has 0 aromatic carbocycles. The van der Waals surface area contributed by atoms with Gasteiger partial charge in [0.05, 0.1) is 0 Å². The summed E-state index contributed by atoms with van der Waals surface area (Å²) in [7, 11) is 0. The second-order valence-electron chi connectivity index (χ2n) is 3.20. The molecule has 0 heterocycles. The molecule has 0 fully saturated rings.